The molecule has 1 aromatic carbocycles. The maximum Gasteiger partial charge on any atom is 0.229 e. The number of nitrogens with one attached hydrogen (secondary N) is 1. The summed E-state index contributed by atoms with van der Waals surface area (Å²) in [6.07, 6.45) is 3.80. The molecule has 0 atom stereocenters. The number of benzene rings is 1. The first-order chi connectivity index (χ1) is 11.6. The SMILES string of the molecule is O=C(CCN1C(=O)CCC1=O)Nc1cccc(Cl)c1-n1cccn1. The number of imide groups is 1. The number of halogens is 1. The highest BCUT2D eigenvalue weighted by atomic mass is 35.5. The van der Waals surface area contributed by atoms with Crippen molar-refractivity contribution >= 4 is 35.0 Å². The van der Waals surface area contributed by atoms with E-state index in [0.29, 0.717) is 16.4 Å². The van der Waals surface area contributed by atoms with Crippen LogP contribution in [0.1, 0.15) is 19.3 Å². The molecule has 1 aliphatic heterocycles. The number of aromatic nitrogens is 2. The summed E-state index contributed by atoms with van der Waals surface area (Å²) in [7, 11) is 0. The van der Waals surface area contributed by atoms with E-state index < -0.39 is 0 Å². The van der Waals surface area contributed by atoms with Crippen LogP contribution in [0.25, 0.3) is 5.69 Å². The molecule has 2 aromatic rings. The summed E-state index contributed by atoms with van der Waals surface area (Å²) < 4.78 is 1.56. The summed E-state index contributed by atoms with van der Waals surface area (Å²) in [6, 6.07) is 6.89. The minimum Gasteiger partial charge on any atom is -0.324 e. The fourth-order valence-corrected chi connectivity index (χ4v) is 2.81. The molecule has 7 nitrogen and oxygen atoms in total. The Kier molecular flexibility index (Phi) is 4.61. The second-order valence-electron chi connectivity index (χ2n) is 5.32. The van der Waals surface area contributed by atoms with Crippen LogP contribution in [0.3, 0.4) is 0 Å². The highest BCUT2D eigenvalue weighted by Crippen LogP contribution is 2.28. The molecule has 0 spiro atoms. The molecule has 1 saturated heterocycles. The standard InChI is InChI=1S/C16H15ClN4O3/c17-11-3-1-4-12(16(11)21-9-2-8-18-21)19-13(22)7-10-20-14(23)5-6-15(20)24/h1-4,8-9H,5-7,10H2,(H,19,22). The molecule has 1 N–H and O–H groups in total. The fourth-order valence-electron chi connectivity index (χ4n) is 2.55. The van der Waals surface area contributed by atoms with Crippen molar-refractivity contribution in [3.8, 4) is 5.69 Å². The lowest BCUT2D eigenvalue weighted by molar-refractivity contribution is -0.138. The molecule has 0 radical (unpaired) electrons. The summed E-state index contributed by atoms with van der Waals surface area (Å²) in [5.41, 5.74) is 1.07. The number of carbonyl (C=O) groups is 3. The van der Waals surface area contributed by atoms with Gasteiger partial charge in [-0.1, -0.05) is 17.7 Å². The quantitative estimate of drug-likeness (QED) is 0.839. The first-order valence-electron chi connectivity index (χ1n) is 7.48. The Balaban J connectivity index is 1.70. The first kappa shape index (κ1) is 16.2. The molecule has 1 fully saturated rings. The molecule has 2 heterocycles. The Morgan fingerprint density at radius 1 is 1.21 bits per heavy atom. The summed E-state index contributed by atoms with van der Waals surface area (Å²) in [6.45, 7) is 0.0845. The number of likely N-dealkylation sites (tertiary alicyclic amines) is 1. The van der Waals surface area contributed by atoms with Crippen LogP contribution < -0.4 is 5.32 Å². The van der Waals surface area contributed by atoms with E-state index in [0.717, 1.165) is 4.90 Å². The van der Waals surface area contributed by atoms with Crippen molar-refractivity contribution in [1.82, 2.24) is 14.7 Å². The minimum absolute atomic E-state index is 0.0303. The minimum atomic E-state index is -0.307. The van der Waals surface area contributed by atoms with Gasteiger partial charge in [-0.3, -0.25) is 19.3 Å². The highest BCUT2D eigenvalue weighted by molar-refractivity contribution is 6.33. The van der Waals surface area contributed by atoms with Crippen LogP contribution in [0.4, 0.5) is 5.69 Å². The predicted molar refractivity (Wildman–Crippen MR) is 87.8 cm³/mol. The van der Waals surface area contributed by atoms with Crippen molar-refractivity contribution in [3.05, 3.63) is 41.7 Å². The third-order valence-corrected chi connectivity index (χ3v) is 4.02. The number of nitrogens with zero attached hydrogens (tertiary/aromatic N) is 3. The van der Waals surface area contributed by atoms with E-state index in [1.165, 1.54) is 0 Å². The van der Waals surface area contributed by atoms with Gasteiger partial charge in [0.15, 0.2) is 0 Å². The largest absolute Gasteiger partial charge is 0.324 e. The average molecular weight is 347 g/mol. The van der Waals surface area contributed by atoms with Crippen LogP contribution in [0.2, 0.25) is 5.02 Å². The van der Waals surface area contributed by atoms with E-state index in [2.05, 4.69) is 10.4 Å². The van der Waals surface area contributed by atoms with Crippen molar-refractivity contribution in [2.75, 3.05) is 11.9 Å². The second-order valence-corrected chi connectivity index (χ2v) is 5.73. The molecule has 0 bridgehead atoms. The zero-order chi connectivity index (χ0) is 17.1. The lowest BCUT2D eigenvalue weighted by Gasteiger charge is -2.15. The lowest BCUT2D eigenvalue weighted by atomic mass is 10.2. The second kappa shape index (κ2) is 6.84. The number of rotatable bonds is 5. The number of amides is 3. The Morgan fingerprint density at radius 3 is 2.62 bits per heavy atom. The van der Waals surface area contributed by atoms with E-state index in [1.54, 1.807) is 41.3 Å². The summed E-state index contributed by atoms with van der Waals surface area (Å²) >= 11 is 6.21. The Hall–Kier alpha value is -2.67. The number of hydrogen-bond acceptors (Lipinski definition) is 4. The molecule has 0 aliphatic carbocycles. The Bertz CT molecular complexity index is 773. The molecule has 0 unspecified atom stereocenters. The average Bonchev–Trinajstić information content (AvgIpc) is 3.17. The van der Waals surface area contributed by atoms with Gasteiger partial charge in [-0.05, 0) is 18.2 Å². The first-order valence-corrected chi connectivity index (χ1v) is 7.85. The van der Waals surface area contributed by atoms with E-state index in [-0.39, 0.29) is 43.5 Å². The maximum absolute atomic E-state index is 12.2. The smallest absolute Gasteiger partial charge is 0.229 e. The van der Waals surface area contributed by atoms with Gasteiger partial charge in [0.1, 0.15) is 5.69 Å². The topological polar surface area (TPSA) is 84.3 Å². The lowest BCUT2D eigenvalue weighted by Crippen LogP contribution is -2.32. The molecule has 1 aromatic heterocycles. The summed E-state index contributed by atoms with van der Waals surface area (Å²) in [5, 5.41) is 7.33. The van der Waals surface area contributed by atoms with Crippen molar-refractivity contribution in [2.45, 2.75) is 19.3 Å². The molecule has 0 saturated carbocycles. The third kappa shape index (κ3) is 3.30. The van der Waals surface area contributed by atoms with Crippen molar-refractivity contribution in [3.63, 3.8) is 0 Å². The van der Waals surface area contributed by atoms with Gasteiger partial charge in [0, 0.05) is 38.2 Å². The Morgan fingerprint density at radius 2 is 1.96 bits per heavy atom. The number of hydrogen-bond donors (Lipinski definition) is 1. The van der Waals surface area contributed by atoms with Crippen molar-refractivity contribution in [2.24, 2.45) is 0 Å². The van der Waals surface area contributed by atoms with E-state index in [1.807, 2.05) is 0 Å². The van der Waals surface area contributed by atoms with Gasteiger partial charge in [-0.2, -0.15) is 5.10 Å². The molecule has 124 valence electrons. The van der Waals surface area contributed by atoms with Crippen LogP contribution in [0, 0.1) is 0 Å². The van der Waals surface area contributed by atoms with E-state index in [4.69, 9.17) is 11.6 Å². The van der Waals surface area contributed by atoms with Gasteiger partial charge in [0.2, 0.25) is 17.7 Å². The normalized spacial score (nSPS) is 14.3. The van der Waals surface area contributed by atoms with Gasteiger partial charge in [-0.25, -0.2) is 4.68 Å². The van der Waals surface area contributed by atoms with Gasteiger partial charge in [0.05, 0.1) is 10.7 Å². The van der Waals surface area contributed by atoms with Gasteiger partial charge in [0.25, 0.3) is 0 Å². The zero-order valence-electron chi connectivity index (χ0n) is 12.7. The highest BCUT2D eigenvalue weighted by Gasteiger charge is 2.28. The van der Waals surface area contributed by atoms with Crippen LogP contribution in [-0.4, -0.2) is 38.9 Å². The number of anilines is 1. The van der Waals surface area contributed by atoms with Crippen LogP contribution in [0.15, 0.2) is 36.7 Å². The monoisotopic (exact) mass is 346 g/mol. The molecular formula is C16H15ClN4O3. The van der Waals surface area contributed by atoms with E-state index >= 15 is 0 Å². The number of para-hydroxylation sites is 1. The van der Waals surface area contributed by atoms with Gasteiger partial charge >= 0.3 is 0 Å². The maximum atomic E-state index is 12.2. The molecule has 3 amide bonds. The van der Waals surface area contributed by atoms with Gasteiger partial charge in [-0.15, -0.1) is 0 Å². The van der Waals surface area contributed by atoms with Crippen LogP contribution >= 0.6 is 11.6 Å². The van der Waals surface area contributed by atoms with Crippen LogP contribution in [-0.2, 0) is 14.4 Å². The van der Waals surface area contributed by atoms with Gasteiger partial charge < -0.3 is 5.32 Å². The van der Waals surface area contributed by atoms with Crippen molar-refractivity contribution in [1.29, 1.82) is 0 Å². The predicted octanol–water partition coefficient (Wildman–Crippen LogP) is 2.00. The summed E-state index contributed by atoms with van der Waals surface area (Å²) in [5.74, 6) is -0.765. The summed E-state index contributed by atoms with van der Waals surface area (Å²) in [4.78, 5) is 36.4. The molecule has 24 heavy (non-hydrogen) atoms. The number of carbonyl (C=O) groups excluding carboxylic acids is 3. The van der Waals surface area contributed by atoms with E-state index in [9.17, 15) is 14.4 Å². The molecule has 8 heteroatoms. The third-order valence-electron chi connectivity index (χ3n) is 3.71. The molecule has 1 aliphatic rings. The van der Waals surface area contributed by atoms with Crippen molar-refractivity contribution < 1.29 is 14.4 Å². The van der Waals surface area contributed by atoms with Crippen LogP contribution in [0.5, 0.6) is 0 Å². The Labute approximate surface area is 143 Å². The molecule has 3 rings (SSSR count). The zero-order valence-corrected chi connectivity index (χ0v) is 13.5. The fraction of sp³-hybridized carbons (Fsp3) is 0.250. The molecular weight excluding hydrogens is 332 g/mol.